The van der Waals surface area contributed by atoms with E-state index in [9.17, 15) is 9.59 Å². The number of amides is 2. The van der Waals surface area contributed by atoms with Gasteiger partial charge in [-0.3, -0.25) is 9.59 Å². The number of hydrogen-bond acceptors (Lipinski definition) is 6. The number of carbonyl (C=O) groups excluding carboxylic acids is 2. The minimum Gasteiger partial charge on any atom is -0.485 e. The summed E-state index contributed by atoms with van der Waals surface area (Å²) in [5, 5.41) is 5.07. The number of anilines is 1. The summed E-state index contributed by atoms with van der Waals surface area (Å²) in [7, 11) is 0. The molecule has 0 aliphatic carbocycles. The van der Waals surface area contributed by atoms with Crippen LogP contribution in [0.3, 0.4) is 0 Å². The van der Waals surface area contributed by atoms with Gasteiger partial charge in [0.1, 0.15) is 12.4 Å². The molecule has 0 bridgehead atoms. The molecule has 3 aromatic rings. The van der Waals surface area contributed by atoms with Gasteiger partial charge in [-0.25, -0.2) is 4.98 Å². The maximum absolute atomic E-state index is 11.7. The number of fused-ring (bicyclic) bond motifs is 1. The molecule has 0 spiro atoms. The number of nitrogens with one attached hydrogen (secondary N) is 2. The van der Waals surface area contributed by atoms with Crippen molar-refractivity contribution < 1.29 is 23.8 Å². The molecule has 31 heavy (non-hydrogen) atoms. The van der Waals surface area contributed by atoms with Gasteiger partial charge in [-0.05, 0) is 23.8 Å². The normalized spacial score (nSPS) is 14.4. The van der Waals surface area contributed by atoms with Crippen molar-refractivity contribution in [3.05, 3.63) is 72.4 Å². The van der Waals surface area contributed by atoms with Crippen LogP contribution in [-0.2, 0) is 9.59 Å². The van der Waals surface area contributed by atoms with E-state index in [0.717, 1.165) is 5.56 Å². The zero-order valence-corrected chi connectivity index (χ0v) is 16.8. The van der Waals surface area contributed by atoms with Crippen molar-refractivity contribution in [3.8, 4) is 23.1 Å². The van der Waals surface area contributed by atoms with E-state index in [1.807, 2.05) is 30.3 Å². The van der Waals surface area contributed by atoms with Crippen LogP contribution in [0.1, 0.15) is 18.6 Å². The van der Waals surface area contributed by atoms with Crippen molar-refractivity contribution in [3.63, 3.8) is 0 Å². The molecule has 1 atom stereocenters. The smallest absolute Gasteiger partial charge is 0.243 e. The second-order valence-corrected chi connectivity index (χ2v) is 6.88. The SMILES string of the molecule is CC(=O)NCC(=O)Nc1ccc(Oc2ccc3c(c2)OCC(c2ccccc2)O3)nc1. The number of aromatic nitrogens is 1. The molecular formula is C23H21N3O5. The maximum Gasteiger partial charge on any atom is 0.243 e. The second kappa shape index (κ2) is 9.17. The van der Waals surface area contributed by atoms with Gasteiger partial charge in [-0.1, -0.05) is 30.3 Å². The molecule has 4 rings (SSSR count). The fourth-order valence-corrected chi connectivity index (χ4v) is 2.99. The second-order valence-electron chi connectivity index (χ2n) is 6.88. The van der Waals surface area contributed by atoms with Crippen LogP contribution >= 0.6 is 0 Å². The first-order valence-electron chi connectivity index (χ1n) is 9.73. The molecule has 2 amide bonds. The summed E-state index contributed by atoms with van der Waals surface area (Å²) >= 11 is 0. The van der Waals surface area contributed by atoms with Gasteiger partial charge in [0.2, 0.25) is 17.7 Å². The molecule has 2 heterocycles. The zero-order valence-electron chi connectivity index (χ0n) is 16.8. The van der Waals surface area contributed by atoms with E-state index < -0.39 is 0 Å². The maximum atomic E-state index is 11.7. The van der Waals surface area contributed by atoms with Crippen LogP contribution in [0.4, 0.5) is 5.69 Å². The van der Waals surface area contributed by atoms with E-state index in [0.29, 0.717) is 35.4 Å². The third-order valence-electron chi connectivity index (χ3n) is 4.49. The third-order valence-corrected chi connectivity index (χ3v) is 4.49. The number of rotatable bonds is 6. The lowest BCUT2D eigenvalue weighted by atomic mass is 10.1. The molecule has 158 valence electrons. The van der Waals surface area contributed by atoms with Crippen molar-refractivity contribution in [2.24, 2.45) is 0 Å². The van der Waals surface area contributed by atoms with Crippen LogP contribution < -0.4 is 24.8 Å². The Kier molecular flexibility index (Phi) is 5.98. The monoisotopic (exact) mass is 419 g/mol. The lowest BCUT2D eigenvalue weighted by molar-refractivity contribution is -0.122. The zero-order chi connectivity index (χ0) is 21.6. The van der Waals surface area contributed by atoms with Crippen LogP contribution in [0.15, 0.2) is 66.9 Å². The number of nitrogens with zero attached hydrogens (tertiary/aromatic N) is 1. The van der Waals surface area contributed by atoms with E-state index in [2.05, 4.69) is 15.6 Å². The predicted octanol–water partition coefficient (Wildman–Crippen LogP) is 3.46. The van der Waals surface area contributed by atoms with Gasteiger partial charge in [-0.15, -0.1) is 0 Å². The minimum absolute atomic E-state index is 0.101. The van der Waals surface area contributed by atoms with Gasteiger partial charge in [0.25, 0.3) is 0 Å². The standard InChI is InChI=1S/C23H21N3O5/c1-15(27)24-13-22(28)26-17-7-10-23(25-12-17)30-18-8-9-19-20(11-18)29-14-21(31-19)16-5-3-2-4-6-16/h2-12,21H,13-14H2,1H3,(H,24,27)(H,26,28). The summed E-state index contributed by atoms with van der Waals surface area (Å²) in [5.74, 6) is 1.55. The van der Waals surface area contributed by atoms with Crippen molar-refractivity contribution in [2.75, 3.05) is 18.5 Å². The largest absolute Gasteiger partial charge is 0.485 e. The number of benzene rings is 2. The van der Waals surface area contributed by atoms with E-state index in [-0.39, 0.29) is 24.5 Å². The lowest BCUT2D eigenvalue weighted by Crippen LogP contribution is -2.31. The first kappa shape index (κ1) is 20.2. The van der Waals surface area contributed by atoms with Gasteiger partial charge in [0.05, 0.1) is 18.4 Å². The molecule has 1 aromatic heterocycles. The quantitative estimate of drug-likeness (QED) is 0.635. The highest BCUT2D eigenvalue weighted by molar-refractivity contribution is 5.94. The van der Waals surface area contributed by atoms with Crippen molar-refractivity contribution >= 4 is 17.5 Å². The van der Waals surface area contributed by atoms with E-state index in [4.69, 9.17) is 14.2 Å². The van der Waals surface area contributed by atoms with Crippen molar-refractivity contribution in [1.82, 2.24) is 10.3 Å². The summed E-state index contributed by atoms with van der Waals surface area (Å²) in [6.45, 7) is 1.65. The Hall–Kier alpha value is -4.07. The Bertz CT molecular complexity index is 1070. The Balaban J connectivity index is 1.36. The molecule has 1 aliphatic heterocycles. The fraction of sp³-hybridized carbons (Fsp3) is 0.174. The number of carbonyl (C=O) groups is 2. The number of pyridine rings is 1. The molecule has 8 heteroatoms. The predicted molar refractivity (Wildman–Crippen MR) is 113 cm³/mol. The third kappa shape index (κ3) is 5.30. The highest BCUT2D eigenvalue weighted by Gasteiger charge is 2.23. The van der Waals surface area contributed by atoms with Crippen LogP contribution in [0.2, 0.25) is 0 Å². The van der Waals surface area contributed by atoms with Crippen molar-refractivity contribution in [2.45, 2.75) is 13.0 Å². The average Bonchev–Trinajstić information content (AvgIpc) is 2.79. The molecule has 1 unspecified atom stereocenters. The van der Waals surface area contributed by atoms with Crippen LogP contribution in [0.25, 0.3) is 0 Å². The molecule has 1 aliphatic rings. The average molecular weight is 419 g/mol. The van der Waals surface area contributed by atoms with Gasteiger partial charge in [0.15, 0.2) is 17.6 Å². The summed E-state index contributed by atoms with van der Waals surface area (Å²) < 4.78 is 17.7. The Morgan fingerprint density at radius 3 is 2.68 bits per heavy atom. The molecule has 0 radical (unpaired) electrons. The summed E-state index contributed by atoms with van der Waals surface area (Å²) in [6.07, 6.45) is 1.32. The minimum atomic E-state index is -0.341. The van der Waals surface area contributed by atoms with Crippen LogP contribution in [0.5, 0.6) is 23.1 Å². The molecule has 0 fully saturated rings. The lowest BCUT2D eigenvalue weighted by Gasteiger charge is -2.27. The Morgan fingerprint density at radius 1 is 1.10 bits per heavy atom. The molecular weight excluding hydrogens is 398 g/mol. The Labute approximate surface area is 179 Å². The van der Waals surface area contributed by atoms with Gasteiger partial charge in [-0.2, -0.15) is 0 Å². The van der Waals surface area contributed by atoms with Gasteiger partial charge in [0, 0.05) is 19.1 Å². The first-order valence-corrected chi connectivity index (χ1v) is 9.73. The number of hydrogen-bond donors (Lipinski definition) is 2. The molecule has 2 N–H and O–H groups in total. The summed E-state index contributed by atoms with van der Waals surface area (Å²) in [4.78, 5) is 26.8. The molecule has 0 saturated carbocycles. The van der Waals surface area contributed by atoms with Crippen LogP contribution in [-0.4, -0.2) is 29.9 Å². The van der Waals surface area contributed by atoms with Gasteiger partial charge >= 0.3 is 0 Å². The number of ether oxygens (including phenoxy) is 3. The van der Waals surface area contributed by atoms with E-state index in [1.54, 1.807) is 30.3 Å². The topological polar surface area (TPSA) is 98.8 Å². The van der Waals surface area contributed by atoms with E-state index >= 15 is 0 Å². The van der Waals surface area contributed by atoms with Crippen LogP contribution in [0, 0.1) is 0 Å². The summed E-state index contributed by atoms with van der Waals surface area (Å²) in [6, 6.07) is 18.5. The van der Waals surface area contributed by atoms with E-state index in [1.165, 1.54) is 13.1 Å². The first-order chi connectivity index (χ1) is 15.1. The molecule has 0 saturated heterocycles. The van der Waals surface area contributed by atoms with Gasteiger partial charge < -0.3 is 24.8 Å². The highest BCUT2D eigenvalue weighted by Crippen LogP contribution is 2.39. The Morgan fingerprint density at radius 2 is 1.94 bits per heavy atom. The highest BCUT2D eigenvalue weighted by atomic mass is 16.6. The summed E-state index contributed by atoms with van der Waals surface area (Å²) in [5.41, 5.74) is 1.55. The molecule has 2 aromatic carbocycles. The molecule has 8 nitrogen and oxygen atoms in total. The fourth-order valence-electron chi connectivity index (χ4n) is 2.99. The van der Waals surface area contributed by atoms with Crippen molar-refractivity contribution in [1.29, 1.82) is 0 Å².